The zero-order chi connectivity index (χ0) is 12.8. The summed E-state index contributed by atoms with van der Waals surface area (Å²) >= 11 is 5.72. The molecule has 0 aliphatic rings. The van der Waals surface area contributed by atoms with Gasteiger partial charge in [-0.25, -0.2) is 4.98 Å². The average Bonchev–Trinajstić information content (AvgIpc) is 2.29. The Morgan fingerprint density at radius 1 is 1.53 bits per heavy atom. The molecule has 0 radical (unpaired) electrons. The molecule has 1 amide bonds. The molecule has 0 aliphatic carbocycles. The molecule has 0 unspecified atom stereocenters. The van der Waals surface area contributed by atoms with E-state index in [0.29, 0.717) is 23.7 Å². The molecule has 0 atom stereocenters. The predicted octanol–water partition coefficient (Wildman–Crippen LogP) is 1.97. The highest BCUT2D eigenvalue weighted by Crippen LogP contribution is 2.10. The van der Waals surface area contributed by atoms with Gasteiger partial charge >= 0.3 is 0 Å². The molecule has 0 aromatic carbocycles. The number of hydrogen-bond acceptors (Lipinski definition) is 3. The Kier molecular flexibility index (Phi) is 5.38. The molecule has 4 nitrogen and oxygen atoms in total. The molecule has 0 bridgehead atoms. The number of halogens is 1. The summed E-state index contributed by atoms with van der Waals surface area (Å²) in [5.41, 5.74) is 0.376. The van der Waals surface area contributed by atoms with Gasteiger partial charge < -0.3 is 10.0 Å². The Bertz CT molecular complexity index is 365. The summed E-state index contributed by atoms with van der Waals surface area (Å²) in [4.78, 5) is 17.8. The minimum atomic E-state index is -0.134. The monoisotopic (exact) mass is 256 g/mol. The van der Waals surface area contributed by atoms with Gasteiger partial charge in [0.25, 0.3) is 5.91 Å². The summed E-state index contributed by atoms with van der Waals surface area (Å²) < 4.78 is 0. The molecule has 17 heavy (non-hydrogen) atoms. The summed E-state index contributed by atoms with van der Waals surface area (Å²) in [5.74, 6) is -0.134. The van der Waals surface area contributed by atoms with Crippen molar-refractivity contribution in [3.05, 3.63) is 29.0 Å². The molecule has 0 aliphatic heterocycles. The summed E-state index contributed by atoms with van der Waals surface area (Å²) in [6.07, 6.45) is 2.02. The Balaban J connectivity index is 2.80. The van der Waals surface area contributed by atoms with Crippen molar-refractivity contribution in [3.63, 3.8) is 0 Å². The van der Waals surface area contributed by atoms with Crippen molar-refractivity contribution in [2.24, 2.45) is 0 Å². The highest BCUT2D eigenvalue weighted by atomic mass is 35.5. The summed E-state index contributed by atoms with van der Waals surface area (Å²) in [5, 5.41) is 9.32. The van der Waals surface area contributed by atoms with Crippen LogP contribution in [-0.4, -0.2) is 40.1 Å². The third-order valence-electron chi connectivity index (χ3n) is 2.39. The van der Waals surface area contributed by atoms with Crippen molar-refractivity contribution in [2.75, 3.05) is 13.2 Å². The fraction of sp³-hybridized carbons (Fsp3) is 0.500. The molecular formula is C12H17ClN2O2. The lowest BCUT2D eigenvalue weighted by Gasteiger charge is -2.26. The largest absolute Gasteiger partial charge is 0.396 e. The minimum Gasteiger partial charge on any atom is -0.396 e. The molecule has 0 fully saturated rings. The number of aliphatic hydroxyl groups excluding tert-OH is 1. The second-order valence-corrected chi connectivity index (χ2v) is 4.47. The van der Waals surface area contributed by atoms with Crippen LogP contribution in [-0.2, 0) is 0 Å². The number of carbonyl (C=O) groups is 1. The standard InChI is InChI=1S/C12H17ClN2O2/c1-9(2)15(6-3-7-16)12(17)11-5-4-10(13)8-14-11/h4-5,8-9,16H,3,6-7H2,1-2H3. The number of aromatic nitrogens is 1. The van der Waals surface area contributed by atoms with Gasteiger partial charge in [0.15, 0.2) is 0 Å². The van der Waals surface area contributed by atoms with Gasteiger partial charge in [-0.15, -0.1) is 0 Å². The van der Waals surface area contributed by atoms with Gasteiger partial charge in [-0.1, -0.05) is 11.6 Å². The predicted molar refractivity (Wildman–Crippen MR) is 67.1 cm³/mol. The third-order valence-corrected chi connectivity index (χ3v) is 2.61. The molecule has 94 valence electrons. The van der Waals surface area contributed by atoms with E-state index >= 15 is 0 Å². The minimum absolute atomic E-state index is 0.0740. The van der Waals surface area contributed by atoms with Gasteiger partial charge in [-0.3, -0.25) is 4.79 Å². The number of rotatable bonds is 5. The van der Waals surface area contributed by atoms with Gasteiger partial charge in [0.1, 0.15) is 5.69 Å². The molecule has 1 N–H and O–H groups in total. The van der Waals surface area contributed by atoms with Crippen LogP contribution in [0.1, 0.15) is 30.8 Å². The molecule has 1 aromatic heterocycles. The zero-order valence-corrected chi connectivity index (χ0v) is 10.8. The number of nitrogens with zero attached hydrogens (tertiary/aromatic N) is 2. The van der Waals surface area contributed by atoms with E-state index in [1.165, 1.54) is 6.20 Å². The van der Waals surface area contributed by atoms with Crippen LogP contribution in [0, 0.1) is 0 Å². The number of hydrogen-bond donors (Lipinski definition) is 1. The van der Waals surface area contributed by atoms with Gasteiger partial charge in [0.2, 0.25) is 0 Å². The second kappa shape index (κ2) is 6.57. The van der Waals surface area contributed by atoms with Crippen LogP contribution in [0.15, 0.2) is 18.3 Å². The summed E-state index contributed by atoms with van der Waals surface area (Å²) in [6, 6.07) is 3.33. The number of pyridine rings is 1. The van der Waals surface area contributed by atoms with Gasteiger partial charge in [-0.2, -0.15) is 0 Å². The molecule has 0 saturated heterocycles. The van der Waals surface area contributed by atoms with Crippen molar-refractivity contribution in [1.29, 1.82) is 0 Å². The van der Waals surface area contributed by atoms with E-state index in [9.17, 15) is 4.79 Å². The van der Waals surface area contributed by atoms with Crippen LogP contribution in [0.5, 0.6) is 0 Å². The maximum absolute atomic E-state index is 12.1. The normalized spacial score (nSPS) is 10.6. The average molecular weight is 257 g/mol. The fourth-order valence-electron chi connectivity index (χ4n) is 1.48. The van der Waals surface area contributed by atoms with E-state index in [-0.39, 0.29) is 18.6 Å². The zero-order valence-electron chi connectivity index (χ0n) is 10.1. The fourth-order valence-corrected chi connectivity index (χ4v) is 1.60. The SMILES string of the molecule is CC(C)N(CCCO)C(=O)c1ccc(Cl)cn1. The lowest BCUT2D eigenvalue weighted by atomic mass is 10.2. The first-order chi connectivity index (χ1) is 8.06. The first-order valence-corrected chi connectivity index (χ1v) is 5.97. The van der Waals surface area contributed by atoms with E-state index in [0.717, 1.165) is 0 Å². The molecule has 0 spiro atoms. The van der Waals surface area contributed by atoms with E-state index in [1.54, 1.807) is 17.0 Å². The third kappa shape index (κ3) is 3.98. The van der Waals surface area contributed by atoms with Gasteiger partial charge in [0.05, 0.1) is 5.02 Å². The lowest BCUT2D eigenvalue weighted by Crippen LogP contribution is -2.38. The van der Waals surface area contributed by atoms with E-state index < -0.39 is 0 Å². The first kappa shape index (κ1) is 13.9. The van der Waals surface area contributed by atoms with Crippen molar-refractivity contribution in [2.45, 2.75) is 26.3 Å². The summed E-state index contributed by atoms with van der Waals surface area (Å²) in [6.45, 7) is 4.47. The van der Waals surface area contributed by atoms with Crippen LogP contribution in [0.25, 0.3) is 0 Å². The van der Waals surface area contributed by atoms with Crippen LogP contribution in [0.3, 0.4) is 0 Å². The Morgan fingerprint density at radius 3 is 2.71 bits per heavy atom. The molecule has 1 aromatic rings. The Labute approximate surface area is 106 Å². The van der Waals surface area contributed by atoms with E-state index in [2.05, 4.69) is 4.98 Å². The van der Waals surface area contributed by atoms with Crippen molar-refractivity contribution >= 4 is 17.5 Å². The Morgan fingerprint density at radius 2 is 2.24 bits per heavy atom. The highest BCUT2D eigenvalue weighted by molar-refractivity contribution is 6.30. The van der Waals surface area contributed by atoms with Crippen molar-refractivity contribution < 1.29 is 9.90 Å². The van der Waals surface area contributed by atoms with E-state index in [4.69, 9.17) is 16.7 Å². The van der Waals surface area contributed by atoms with Gasteiger partial charge in [0, 0.05) is 25.4 Å². The molecule has 5 heteroatoms. The Hall–Kier alpha value is -1.13. The van der Waals surface area contributed by atoms with Crippen LogP contribution < -0.4 is 0 Å². The smallest absolute Gasteiger partial charge is 0.272 e. The topological polar surface area (TPSA) is 53.4 Å². The number of carbonyl (C=O) groups excluding carboxylic acids is 1. The van der Waals surface area contributed by atoms with Crippen LogP contribution in [0.2, 0.25) is 5.02 Å². The summed E-state index contributed by atoms with van der Waals surface area (Å²) in [7, 11) is 0. The van der Waals surface area contributed by atoms with Crippen molar-refractivity contribution in [1.82, 2.24) is 9.88 Å². The maximum Gasteiger partial charge on any atom is 0.272 e. The molecule has 1 heterocycles. The number of amides is 1. The molecule has 0 saturated carbocycles. The maximum atomic E-state index is 12.1. The van der Waals surface area contributed by atoms with Crippen molar-refractivity contribution in [3.8, 4) is 0 Å². The highest BCUT2D eigenvalue weighted by Gasteiger charge is 2.19. The van der Waals surface area contributed by atoms with Crippen LogP contribution >= 0.6 is 11.6 Å². The van der Waals surface area contributed by atoms with Gasteiger partial charge in [-0.05, 0) is 32.4 Å². The second-order valence-electron chi connectivity index (χ2n) is 4.03. The van der Waals surface area contributed by atoms with E-state index in [1.807, 2.05) is 13.8 Å². The van der Waals surface area contributed by atoms with Crippen LogP contribution in [0.4, 0.5) is 0 Å². The quantitative estimate of drug-likeness (QED) is 0.876. The number of aliphatic hydroxyl groups is 1. The molecule has 1 rings (SSSR count). The molecular weight excluding hydrogens is 240 g/mol. The lowest BCUT2D eigenvalue weighted by molar-refractivity contribution is 0.0687. The first-order valence-electron chi connectivity index (χ1n) is 5.59.